The number of para-hydroxylation sites is 2. The maximum Gasteiger partial charge on any atom is 0.222 e. The smallest absolute Gasteiger partial charge is 0.222 e. The third-order valence-electron chi connectivity index (χ3n) is 3.97. The summed E-state index contributed by atoms with van der Waals surface area (Å²) in [4.78, 5) is 4.67. The Morgan fingerprint density at radius 2 is 1.83 bits per heavy atom. The summed E-state index contributed by atoms with van der Waals surface area (Å²) in [5.41, 5.74) is 3.69. The minimum Gasteiger partial charge on any atom is -0.366 e. The maximum atomic E-state index is 4.67. The van der Waals surface area contributed by atoms with Gasteiger partial charge in [0.2, 0.25) is 5.65 Å². The third-order valence-corrected chi connectivity index (χ3v) is 3.97. The lowest BCUT2D eigenvalue weighted by Gasteiger charge is -2.14. The third kappa shape index (κ3) is 2.48. The van der Waals surface area contributed by atoms with Crippen LogP contribution in [0.2, 0.25) is 0 Å². The summed E-state index contributed by atoms with van der Waals surface area (Å²) in [6, 6.07) is 18.2. The fraction of sp³-hybridized carbons (Fsp3) is 0.176. The zero-order chi connectivity index (χ0) is 15.6. The Balaban J connectivity index is 1.67. The minimum atomic E-state index is 0.361. The van der Waals surface area contributed by atoms with Gasteiger partial charge in [0.1, 0.15) is 0 Å². The predicted molar refractivity (Wildman–Crippen MR) is 89.4 cm³/mol. The quantitative estimate of drug-likeness (QED) is 0.628. The van der Waals surface area contributed by atoms with Crippen LogP contribution in [0.4, 0.5) is 5.82 Å². The molecule has 1 atom stereocenters. The summed E-state index contributed by atoms with van der Waals surface area (Å²) in [5.74, 6) is 1.07. The van der Waals surface area contributed by atoms with Gasteiger partial charge >= 0.3 is 0 Å². The lowest BCUT2D eigenvalue weighted by molar-refractivity contribution is 0.801. The number of nitrogens with zero attached hydrogens (tertiary/aromatic N) is 5. The Morgan fingerprint density at radius 3 is 2.70 bits per heavy atom. The van der Waals surface area contributed by atoms with Gasteiger partial charge in [-0.25, -0.2) is 4.98 Å². The number of hydrogen-bond acceptors (Lipinski definition) is 5. The molecule has 4 aromatic rings. The largest absolute Gasteiger partial charge is 0.366 e. The standard InChI is InChI=1S/C17H16N6/c1-12(13-7-3-2-4-8-13)11-18-16-17-20-21-22-23(17)15-10-6-5-9-14(15)19-16/h2-10,12H,11H2,1H3,(H,18,19)/t12-/m1/s1. The monoisotopic (exact) mass is 304 g/mol. The fourth-order valence-corrected chi connectivity index (χ4v) is 2.67. The molecule has 0 spiro atoms. The molecule has 0 unspecified atom stereocenters. The van der Waals surface area contributed by atoms with Crippen LogP contribution in [0.15, 0.2) is 54.6 Å². The predicted octanol–water partition coefficient (Wildman–Crippen LogP) is 2.89. The molecule has 4 rings (SSSR count). The van der Waals surface area contributed by atoms with Crippen molar-refractivity contribution in [3.05, 3.63) is 60.2 Å². The Labute approximate surface area is 133 Å². The van der Waals surface area contributed by atoms with E-state index in [1.807, 2.05) is 30.3 Å². The van der Waals surface area contributed by atoms with Crippen LogP contribution in [0.1, 0.15) is 18.4 Å². The fourth-order valence-electron chi connectivity index (χ4n) is 2.67. The topological polar surface area (TPSA) is 68.0 Å². The number of hydrogen-bond donors (Lipinski definition) is 1. The summed E-state index contributed by atoms with van der Waals surface area (Å²) >= 11 is 0. The Kier molecular flexibility index (Phi) is 3.34. The van der Waals surface area contributed by atoms with Crippen LogP contribution in [-0.4, -0.2) is 31.6 Å². The molecule has 0 radical (unpaired) electrons. The van der Waals surface area contributed by atoms with E-state index < -0.39 is 0 Å². The first-order valence-electron chi connectivity index (χ1n) is 7.58. The molecule has 2 aromatic carbocycles. The van der Waals surface area contributed by atoms with Crippen LogP contribution in [-0.2, 0) is 0 Å². The molecule has 0 amide bonds. The van der Waals surface area contributed by atoms with Gasteiger partial charge in [-0.2, -0.15) is 4.52 Å². The van der Waals surface area contributed by atoms with E-state index in [4.69, 9.17) is 0 Å². The van der Waals surface area contributed by atoms with Gasteiger partial charge in [0.25, 0.3) is 0 Å². The second-order valence-corrected chi connectivity index (χ2v) is 5.56. The summed E-state index contributed by atoms with van der Waals surface area (Å²) in [6.07, 6.45) is 0. The summed E-state index contributed by atoms with van der Waals surface area (Å²) in [5, 5.41) is 15.3. The van der Waals surface area contributed by atoms with E-state index in [0.717, 1.165) is 17.6 Å². The molecule has 0 saturated carbocycles. The lowest BCUT2D eigenvalue weighted by atomic mass is 10.0. The van der Waals surface area contributed by atoms with Crippen LogP contribution < -0.4 is 5.32 Å². The van der Waals surface area contributed by atoms with Crippen LogP contribution in [0.25, 0.3) is 16.7 Å². The van der Waals surface area contributed by atoms with E-state index in [2.05, 4.69) is 57.0 Å². The molecule has 0 aliphatic heterocycles. The van der Waals surface area contributed by atoms with Gasteiger partial charge in [0.05, 0.1) is 11.0 Å². The average molecular weight is 304 g/mol. The second-order valence-electron chi connectivity index (χ2n) is 5.56. The van der Waals surface area contributed by atoms with Gasteiger partial charge in [-0.3, -0.25) is 0 Å². The molecule has 114 valence electrons. The number of tetrazole rings is 1. The summed E-state index contributed by atoms with van der Waals surface area (Å²) < 4.78 is 1.72. The van der Waals surface area contributed by atoms with Gasteiger partial charge < -0.3 is 5.32 Å². The highest BCUT2D eigenvalue weighted by molar-refractivity contribution is 5.81. The number of nitrogens with one attached hydrogen (secondary N) is 1. The van der Waals surface area contributed by atoms with Crippen LogP contribution in [0, 0.1) is 0 Å². The molecule has 0 saturated heterocycles. The van der Waals surface area contributed by atoms with Gasteiger partial charge in [-0.1, -0.05) is 49.4 Å². The first kappa shape index (κ1) is 13.6. The molecule has 1 N–H and O–H groups in total. The molecule has 0 bridgehead atoms. The summed E-state index contributed by atoms with van der Waals surface area (Å²) in [7, 11) is 0. The first-order valence-corrected chi connectivity index (χ1v) is 7.58. The van der Waals surface area contributed by atoms with E-state index in [1.165, 1.54) is 5.56 Å². The van der Waals surface area contributed by atoms with Crippen molar-refractivity contribution in [3.63, 3.8) is 0 Å². The number of fused-ring (bicyclic) bond motifs is 3. The van der Waals surface area contributed by atoms with E-state index in [-0.39, 0.29) is 0 Å². The highest BCUT2D eigenvalue weighted by Crippen LogP contribution is 2.20. The van der Waals surface area contributed by atoms with Crippen molar-refractivity contribution >= 4 is 22.5 Å². The van der Waals surface area contributed by atoms with Crippen molar-refractivity contribution in [2.75, 3.05) is 11.9 Å². The van der Waals surface area contributed by atoms with Crippen LogP contribution in [0.3, 0.4) is 0 Å². The van der Waals surface area contributed by atoms with E-state index in [9.17, 15) is 0 Å². The zero-order valence-electron chi connectivity index (χ0n) is 12.7. The van der Waals surface area contributed by atoms with Gasteiger partial charge in [-0.15, -0.1) is 5.10 Å². The lowest BCUT2D eigenvalue weighted by Crippen LogP contribution is -2.12. The molecule has 6 heteroatoms. The Morgan fingerprint density at radius 1 is 1.04 bits per heavy atom. The van der Waals surface area contributed by atoms with Crippen molar-refractivity contribution in [3.8, 4) is 0 Å². The molecule has 6 nitrogen and oxygen atoms in total. The maximum absolute atomic E-state index is 4.67. The van der Waals surface area contributed by atoms with Gasteiger partial charge in [-0.05, 0) is 34.0 Å². The van der Waals surface area contributed by atoms with Crippen molar-refractivity contribution in [2.45, 2.75) is 12.8 Å². The molecular formula is C17H16N6. The summed E-state index contributed by atoms with van der Waals surface area (Å²) in [6.45, 7) is 2.94. The van der Waals surface area contributed by atoms with Crippen molar-refractivity contribution < 1.29 is 0 Å². The van der Waals surface area contributed by atoms with Gasteiger partial charge in [0, 0.05) is 6.54 Å². The zero-order valence-corrected chi connectivity index (χ0v) is 12.7. The van der Waals surface area contributed by atoms with Gasteiger partial charge in [0.15, 0.2) is 5.82 Å². The van der Waals surface area contributed by atoms with E-state index in [1.54, 1.807) is 4.52 Å². The highest BCUT2D eigenvalue weighted by atomic mass is 15.5. The molecule has 2 aromatic heterocycles. The SMILES string of the molecule is C[C@H](CNc1nc2ccccc2n2nnnc12)c1ccccc1. The molecule has 0 fully saturated rings. The number of rotatable bonds is 4. The Hall–Kier alpha value is -3.02. The molecule has 2 heterocycles. The molecule has 0 aliphatic carbocycles. The van der Waals surface area contributed by atoms with E-state index >= 15 is 0 Å². The average Bonchev–Trinajstić information content (AvgIpc) is 3.10. The Bertz CT molecular complexity index is 947. The first-order chi connectivity index (χ1) is 11.3. The second kappa shape index (κ2) is 5.64. The normalized spacial score (nSPS) is 12.6. The number of aromatic nitrogens is 5. The van der Waals surface area contributed by atoms with Crippen LogP contribution >= 0.6 is 0 Å². The van der Waals surface area contributed by atoms with Crippen molar-refractivity contribution in [1.29, 1.82) is 0 Å². The molecule has 0 aliphatic rings. The van der Waals surface area contributed by atoms with Crippen LogP contribution in [0.5, 0.6) is 0 Å². The highest BCUT2D eigenvalue weighted by Gasteiger charge is 2.12. The molecule has 23 heavy (non-hydrogen) atoms. The number of benzene rings is 2. The number of anilines is 1. The van der Waals surface area contributed by atoms with Crippen molar-refractivity contribution in [1.82, 2.24) is 25.0 Å². The minimum absolute atomic E-state index is 0.361. The molecular weight excluding hydrogens is 288 g/mol. The van der Waals surface area contributed by atoms with Crippen molar-refractivity contribution in [2.24, 2.45) is 0 Å². The van der Waals surface area contributed by atoms with E-state index in [0.29, 0.717) is 17.4 Å².